The molecule has 0 fully saturated rings. The lowest BCUT2D eigenvalue weighted by molar-refractivity contribution is 0.467. The summed E-state index contributed by atoms with van der Waals surface area (Å²) in [5.74, 6) is -0.0404. The first-order chi connectivity index (χ1) is 16.5. The number of rotatable bonds is 4. The molecule has 0 saturated carbocycles. The van der Waals surface area contributed by atoms with E-state index in [-0.39, 0.29) is 17.2 Å². The molecule has 3 N–H and O–H groups in total. The first-order valence-electron chi connectivity index (χ1n) is 10.8. The predicted molar refractivity (Wildman–Crippen MR) is 138 cm³/mol. The molecular formula is C30H21ClO3. The lowest BCUT2D eigenvalue weighted by Crippen LogP contribution is -1.89. The van der Waals surface area contributed by atoms with Crippen LogP contribution in [0.4, 0.5) is 0 Å². The van der Waals surface area contributed by atoms with Crippen LogP contribution in [0.1, 0.15) is 0 Å². The van der Waals surface area contributed by atoms with Crippen molar-refractivity contribution in [1.29, 1.82) is 0 Å². The molecule has 5 aromatic rings. The number of aromatic hydroxyl groups is 3. The molecule has 34 heavy (non-hydrogen) atoms. The maximum absolute atomic E-state index is 11.3. The quantitative estimate of drug-likeness (QED) is 0.251. The third kappa shape index (κ3) is 4.09. The Morgan fingerprint density at radius 1 is 0.412 bits per heavy atom. The minimum Gasteiger partial charge on any atom is -0.507 e. The number of halogens is 1. The minimum atomic E-state index is -0.0783. The zero-order valence-corrected chi connectivity index (χ0v) is 18.9. The van der Waals surface area contributed by atoms with Crippen molar-refractivity contribution in [1.82, 2.24) is 0 Å². The van der Waals surface area contributed by atoms with E-state index in [9.17, 15) is 15.3 Å². The molecule has 0 aromatic heterocycles. The Morgan fingerprint density at radius 3 is 1.24 bits per heavy atom. The van der Waals surface area contributed by atoms with E-state index in [0.717, 1.165) is 22.3 Å². The predicted octanol–water partition coefficient (Wildman–Crippen LogP) is 8.12. The van der Waals surface area contributed by atoms with Gasteiger partial charge in [-0.2, -0.15) is 0 Å². The van der Waals surface area contributed by atoms with Crippen molar-refractivity contribution < 1.29 is 15.3 Å². The van der Waals surface area contributed by atoms with Crippen LogP contribution >= 0.6 is 11.6 Å². The number of phenols is 3. The van der Waals surface area contributed by atoms with Gasteiger partial charge in [-0.15, -0.1) is 0 Å². The summed E-state index contributed by atoms with van der Waals surface area (Å²) in [4.78, 5) is 0. The van der Waals surface area contributed by atoms with Gasteiger partial charge < -0.3 is 15.3 Å². The summed E-state index contributed by atoms with van der Waals surface area (Å²) in [5.41, 5.74) is 5.40. The van der Waals surface area contributed by atoms with Gasteiger partial charge in [0.2, 0.25) is 0 Å². The van der Waals surface area contributed by atoms with Crippen molar-refractivity contribution in [3.05, 3.63) is 114 Å². The fourth-order valence-electron chi connectivity index (χ4n) is 4.13. The smallest absolute Gasteiger partial charge is 0.131 e. The van der Waals surface area contributed by atoms with Crippen molar-refractivity contribution in [2.75, 3.05) is 0 Å². The fourth-order valence-corrected chi connectivity index (χ4v) is 4.35. The molecule has 0 unspecified atom stereocenters. The highest BCUT2D eigenvalue weighted by molar-refractivity contribution is 6.31. The van der Waals surface area contributed by atoms with Gasteiger partial charge in [0.05, 0.1) is 0 Å². The lowest BCUT2D eigenvalue weighted by Gasteiger charge is -2.15. The van der Waals surface area contributed by atoms with Crippen LogP contribution in [-0.4, -0.2) is 15.3 Å². The van der Waals surface area contributed by atoms with E-state index in [0.29, 0.717) is 27.3 Å². The van der Waals surface area contributed by atoms with Gasteiger partial charge in [-0.3, -0.25) is 0 Å². The molecular weight excluding hydrogens is 444 g/mol. The molecule has 0 radical (unpaired) electrons. The van der Waals surface area contributed by atoms with E-state index in [1.165, 1.54) is 0 Å². The summed E-state index contributed by atoms with van der Waals surface area (Å²) in [7, 11) is 0. The van der Waals surface area contributed by atoms with Crippen LogP contribution in [0, 0.1) is 0 Å². The van der Waals surface area contributed by atoms with E-state index < -0.39 is 0 Å². The maximum atomic E-state index is 11.3. The Morgan fingerprint density at radius 2 is 0.824 bits per heavy atom. The topological polar surface area (TPSA) is 60.7 Å². The van der Waals surface area contributed by atoms with Crippen LogP contribution in [0.15, 0.2) is 109 Å². The highest BCUT2D eigenvalue weighted by atomic mass is 35.5. The van der Waals surface area contributed by atoms with E-state index in [4.69, 9.17) is 11.6 Å². The monoisotopic (exact) mass is 464 g/mol. The first-order valence-corrected chi connectivity index (χ1v) is 11.2. The molecule has 0 amide bonds. The summed E-state index contributed by atoms with van der Waals surface area (Å²) in [6.45, 7) is 0. The summed E-state index contributed by atoms with van der Waals surface area (Å²) in [6, 6.07) is 33.3. The molecule has 0 atom stereocenters. The van der Waals surface area contributed by atoms with Crippen molar-refractivity contribution in [2.45, 2.75) is 0 Å². The Kier molecular flexibility index (Phi) is 5.70. The molecule has 5 rings (SSSR count). The van der Waals surface area contributed by atoms with E-state index >= 15 is 0 Å². The van der Waals surface area contributed by atoms with Gasteiger partial charge in [0, 0.05) is 27.3 Å². The van der Waals surface area contributed by atoms with Crippen LogP contribution in [0.25, 0.3) is 44.5 Å². The van der Waals surface area contributed by atoms with Crippen molar-refractivity contribution in [2.24, 2.45) is 0 Å². The maximum Gasteiger partial charge on any atom is 0.131 e. The second-order valence-corrected chi connectivity index (χ2v) is 8.48. The Balaban J connectivity index is 1.67. The number of phenolic OH excluding ortho intramolecular Hbond substituents is 3. The molecule has 0 aliphatic carbocycles. The van der Waals surface area contributed by atoms with Crippen molar-refractivity contribution >= 4 is 11.6 Å². The zero-order chi connectivity index (χ0) is 23.7. The average Bonchev–Trinajstić information content (AvgIpc) is 2.87. The number of hydrogen-bond donors (Lipinski definition) is 3. The third-order valence-electron chi connectivity index (χ3n) is 5.86. The molecule has 4 heteroatoms. The molecule has 0 aliphatic heterocycles. The van der Waals surface area contributed by atoms with Gasteiger partial charge >= 0.3 is 0 Å². The average molecular weight is 465 g/mol. The van der Waals surface area contributed by atoms with Crippen molar-refractivity contribution in [3.8, 4) is 61.8 Å². The second-order valence-electron chi connectivity index (χ2n) is 8.05. The SMILES string of the molecule is Oc1ccc(-c2ccccc2)cc1-c1cc(Cl)cc(-c2cc(-c3ccccc3)ccc2O)c1O. The first kappa shape index (κ1) is 21.6. The largest absolute Gasteiger partial charge is 0.507 e. The molecule has 5 aromatic carbocycles. The van der Waals surface area contributed by atoms with E-state index in [2.05, 4.69) is 0 Å². The van der Waals surface area contributed by atoms with Crippen molar-refractivity contribution in [3.63, 3.8) is 0 Å². The van der Waals surface area contributed by atoms with Gasteiger partial charge in [-0.05, 0) is 58.7 Å². The van der Waals surface area contributed by atoms with Gasteiger partial charge in [0.1, 0.15) is 17.2 Å². The number of benzene rings is 5. The molecule has 0 bridgehead atoms. The zero-order valence-electron chi connectivity index (χ0n) is 18.1. The highest BCUT2D eigenvalue weighted by Crippen LogP contribution is 2.46. The minimum absolute atomic E-state index is 0.0189. The van der Waals surface area contributed by atoms with Gasteiger partial charge in [0.25, 0.3) is 0 Å². The summed E-state index contributed by atoms with van der Waals surface area (Å²) in [5, 5.41) is 33.0. The van der Waals surface area contributed by atoms with Crippen LogP contribution in [0.5, 0.6) is 17.2 Å². The van der Waals surface area contributed by atoms with E-state index in [1.807, 2.05) is 84.9 Å². The van der Waals surface area contributed by atoms with Gasteiger partial charge in [-0.1, -0.05) is 84.4 Å². The Labute approximate surface area is 202 Å². The lowest BCUT2D eigenvalue weighted by atomic mass is 9.92. The molecule has 166 valence electrons. The third-order valence-corrected chi connectivity index (χ3v) is 6.08. The number of hydrogen-bond acceptors (Lipinski definition) is 3. The highest BCUT2D eigenvalue weighted by Gasteiger charge is 2.19. The molecule has 0 spiro atoms. The van der Waals surface area contributed by atoms with E-state index in [1.54, 1.807) is 24.3 Å². The summed E-state index contributed by atoms with van der Waals surface area (Å²) < 4.78 is 0. The second kappa shape index (κ2) is 8.97. The molecule has 3 nitrogen and oxygen atoms in total. The summed E-state index contributed by atoms with van der Waals surface area (Å²) in [6.07, 6.45) is 0. The van der Waals surface area contributed by atoms with Gasteiger partial charge in [-0.25, -0.2) is 0 Å². The van der Waals surface area contributed by atoms with Crippen LogP contribution < -0.4 is 0 Å². The van der Waals surface area contributed by atoms with Gasteiger partial charge in [0.15, 0.2) is 0 Å². The fraction of sp³-hybridized carbons (Fsp3) is 0. The standard InChI is InChI=1S/C30H21ClO3/c31-23-17-26(24-15-21(11-13-28(24)32)19-7-3-1-4-8-19)30(34)27(18-23)25-16-22(12-14-29(25)33)20-9-5-2-6-10-20/h1-18,32-34H. The Bertz CT molecular complexity index is 1370. The molecule has 0 saturated heterocycles. The Hall–Kier alpha value is -4.21. The molecule has 0 heterocycles. The summed E-state index contributed by atoms with van der Waals surface area (Å²) >= 11 is 6.47. The molecule has 0 aliphatic rings. The van der Waals surface area contributed by atoms with Crippen LogP contribution in [-0.2, 0) is 0 Å². The van der Waals surface area contributed by atoms with Crippen LogP contribution in [0.3, 0.4) is 0 Å². The normalized spacial score (nSPS) is 10.9. The van der Waals surface area contributed by atoms with Crippen LogP contribution in [0.2, 0.25) is 5.02 Å².